The molecule has 20 heavy (non-hydrogen) atoms. The second kappa shape index (κ2) is 5.03. The highest BCUT2D eigenvalue weighted by Crippen LogP contribution is 2.51. The average molecular weight is 275 g/mol. The topological polar surface area (TPSA) is 40.5 Å². The number of hydrogen-bond donors (Lipinski definition) is 1. The molecule has 1 amide bonds. The van der Waals surface area contributed by atoms with E-state index in [0.717, 1.165) is 5.70 Å². The molecular weight excluding hydrogens is 250 g/mol. The quantitative estimate of drug-likeness (QED) is 0.841. The van der Waals surface area contributed by atoms with Crippen molar-refractivity contribution < 1.29 is 9.90 Å². The minimum Gasteiger partial charge on any atom is -0.396 e. The molecule has 2 fully saturated rings. The molecule has 0 radical (unpaired) electrons. The zero-order chi connectivity index (χ0) is 14.4. The zero-order valence-corrected chi connectivity index (χ0v) is 12.6. The Morgan fingerprint density at radius 2 is 2.10 bits per heavy atom. The highest BCUT2D eigenvalue weighted by molar-refractivity contribution is 5.76. The lowest BCUT2D eigenvalue weighted by Gasteiger charge is -2.52. The smallest absolute Gasteiger partial charge is 0.223 e. The first kappa shape index (κ1) is 13.9. The fourth-order valence-electron chi connectivity index (χ4n) is 4.42. The number of fused-ring (bicyclic) bond motifs is 1. The third kappa shape index (κ3) is 2.03. The molecule has 1 heterocycles. The molecule has 4 unspecified atom stereocenters. The summed E-state index contributed by atoms with van der Waals surface area (Å²) in [4.78, 5) is 14.3. The molecule has 3 rings (SSSR count). The van der Waals surface area contributed by atoms with Crippen molar-refractivity contribution in [2.24, 2.45) is 29.6 Å². The van der Waals surface area contributed by atoms with Crippen LogP contribution in [0.3, 0.4) is 0 Å². The predicted molar refractivity (Wildman–Crippen MR) is 78.6 cm³/mol. The highest BCUT2D eigenvalue weighted by Gasteiger charge is 2.51. The molecule has 0 spiro atoms. The fraction of sp³-hybridized carbons (Fsp3) is 0.706. The van der Waals surface area contributed by atoms with Crippen LogP contribution >= 0.6 is 0 Å². The molecule has 1 aliphatic heterocycles. The minimum atomic E-state index is 0.156. The monoisotopic (exact) mass is 275 g/mol. The number of aliphatic hydroxyl groups is 1. The van der Waals surface area contributed by atoms with Gasteiger partial charge in [-0.1, -0.05) is 26.0 Å². The molecule has 3 heteroatoms. The number of allylic oxidation sites excluding steroid dienone is 4. The van der Waals surface area contributed by atoms with Gasteiger partial charge in [0.1, 0.15) is 0 Å². The van der Waals surface area contributed by atoms with E-state index in [1.165, 1.54) is 12.8 Å². The maximum atomic E-state index is 12.2. The van der Waals surface area contributed by atoms with E-state index < -0.39 is 0 Å². The second-order valence-electron chi connectivity index (χ2n) is 6.78. The maximum absolute atomic E-state index is 12.2. The molecule has 0 aromatic carbocycles. The van der Waals surface area contributed by atoms with Crippen LogP contribution in [0.5, 0.6) is 0 Å². The summed E-state index contributed by atoms with van der Waals surface area (Å²) in [6.45, 7) is 6.32. The maximum Gasteiger partial charge on any atom is 0.223 e. The van der Waals surface area contributed by atoms with Crippen molar-refractivity contribution in [3.05, 3.63) is 23.9 Å². The SMILES string of the molecule is CC(=O)N1C2=CC=CC(C)C2C(CO)C(C)[C@@H]1C1CC1. The molecule has 1 N–H and O–H groups in total. The van der Waals surface area contributed by atoms with Gasteiger partial charge in [0.2, 0.25) is 5.91 Å². The Morgan fingerprint density at radius 1 is 1.40 bits per heavy atom. The number of likely N-dealkylation sites (tertiary alicyclic amines) is 1. The third-order valence-electron chi connectivity index (χ3n) is 5.50. The normalized spacial score (nSPS) is 40.3. The van der Waals surface area contributed by atoms with Gasteiger partial charge in [0.15, 0.2) is 0 Å². The molecule has 0 aromatic rings. The number of hydrogen-bond acceptors (Lipinski definition) is 2. The van der Waals surface area contributed by atoms with E-state index in [1.54, 1.807) is 6.92 Å². The third-order valence-corrected chi connectivity index (χ3v) is 5.50. The molecule has 3 nitrogen and oxygen atoms in total. The molecule has 110 valence electrons. The van der Waals surface area contributed by atoms with Crippen molar-refractivity contribution in [1.82, 2.24) is 4.90 Å². The van der Waals surface area contributed by atoms with Crippen LogP contribution in [0, 0.1) is 29.6 Å². The summed E-state index contributed by atoms with van der Waals surface area (Å²) in [5.41, 5.74) is 1.14. The summed E-state index contributed by atoms with van der Waals surface area (Å²) in [5.74, 6) is 2.08. The summed E-state index contributed by atoms with van der Waals surface area (Å²) >= 11 is 0. The van der Waals surface area contributed by atoms with Gasteiger partial charge in [-0.3, -0.25) is 4.79 Å². The van der Waals surface area contributed by atoms with Crippen molar-refractivity contribution in [3.8, 4) is 0 Å². The lowest BCUT2D eigenvalue weighted by atomic mass is 9.66. The van der Waals surface area contributed by atoms with E-state index in [1.807, 2.05) is 0 Å². The Labute approximate surface area is 121 Å². The van der Waals surface area contributed by atoms with Crippen molar-refractivity contribution in [2.75, 3.05) is 6.61 Å². The summed E-state index contributed by atoms with van der Waals surface area (Å²) in [5, 5.41) is 9.91. The molecule has 0 bridgehead atoms. The number of amides is 1. The summed E-state index contributed by atoms with van der Waals surface area (Å²) in [6, 6.07) is 0.283. The molecule has 5 atom stereocenters. The van der Waals surface area contributed by atoms with Gasteiger partial charge in [0, 0.05) is 31.2 Å². The van der Waals surface area contributed by atoms with Gasteiger partial charge in [0.25, 0.3) is 0 Å². The van der Waals surface area contributed by atoms with E-state index in [4.69, 9.17) is 0 Å². The van der Waals surface area contributed by atoms with Gasteiger partial charge in [-0.15, -0.1) is 0 Å². The average Bonchev–Trinajstić information content (AvgIpc) is 3.22. The number of carbonyl (C=O) groups is 1. The van der Waals surface area contributed by atoms with Gasteiger partial charge in [-0.2, -0.15) is 0 Å². The number of rotatable bonds is 2. The van der Waals surface area contributed by atoms with Gasteiger partial charge >= 0.3 is 0 Å². The minimum absolute atomic E-state index is 0.156. The predicted octanol–water partition coefficient (Wildman–Crippen LogP) is 2.58. The van der Waals surface area contributed by atoms with E-state index in [2.05, 4.69) is 37.0 Å². The van der Waals surface area contributed by atoms with Crippen LogP contribution in [0.1, 0.15) is 33.6 Å². The molecule has 1 saturated heterocycles. The molecule has 2 aliphatic carbocycles. The van der Waals surface area contributed by atoms with Crippen LogP contribution in [0.15, 0.2) is 23.9 Å². The van der Waals surface area contributed by atoms with E-state index >= 15 is 0 Å². The van der Waals surface area contributed by atoms with Crippen molar-refractivity contribution in [3.63, 3.8) is 0 Å². The van der Waals surface area contributed by atoms with Crippen molar-refractivity contribution >= 4 is 5.91 Å². The lowest BCUT2D eigenvalue weighted by molar-refractivity contribution is -0.135. The second-order valence-corrected chi connectivity index (χ2v) is 6.78. The summed E-state index contributed by atoms with van der Waals surface area (Å²) in [6.07, 6.45) is 8.80. The molecule has 1 saturated carbocycles. The number of nitrogens with zero attached hydrogens (tertiary/aromatic N) is 1. The van der Waals surface area contributed by atoms with Crippen LogP contribution in [-0.4, -0.2) is 28.6 Å². The van der Waals surface area contributed by atoms with Crippen LogP contribution in [-0.2, 0) is 4.79 Å². The van der Waals surface area contributed by atoms with Crippen LogP contribution in [0.25, 0.3) is 0 Å². The fourth-order valence-corrected chi connectivity index (χ4v) is 4.42. The number of aliphatic hydroxyl groups excluding tert-OH is 1. The summed E-state index contributed by atoms with van der Waals surface area (Å²) < 4.78 is 0. The van der Waals surface area contributed by atoms with Gasteiger partial charge < -0.3 is 10.0 Å². The first-order valence-corrected chi connectivity index (χ1v) is 7.85. The molecule has 3 aliphatic rings. The Kier molecular flexibility index (Phi) is 3.49. The van der Waals surface area contributed by atoms with Crippen LogP contribution in [0.4, 0.5) is 0 Å². The standard InChI is InChI=1S/C17H25NO2/c1-10-5-4-6-15-16(10)14(9-19)11(2)17(13-7-8-13)18(15)12(3)20/h4-6,10-11,13-14,16-17,19H,7-9H2,1-3H3/t10?,11?,14?,16?,17-/m1/s1. The lowest BCUT2D eigenvalue weighted by Crippen LogP contribution is -2.56. The Balaban J connectivity index is 2.04. The summed E-state index contributed by atoms with van der Waals surface area (Å²) in [7, 11) is 0. The Bertz CT molecular complexity index is 464. The number of carbonyl (C=O) groups excluding carboxylic acids is 1. The first-order valence-electron chi connectivity index (χ1n) is 7.85. The Hall–Kier alpha value is -1.09. The van der Waals surface area contributed by atoms with Crippen molar-refractivity contribution in [2.45, 2.75) is 39.7 Å². The first-order chi connectivity index (χ1) is 9.56. The van der Waals surface area contributed by atoms with E-state index in [-0.39, 0.29) is 30.4 Å². The van der Waals surface area contributed by atoms with Gasteiger partial charge in [-0.25, -0.2) is 0 Å². The van der Waals surface area contributed by atoms with Crippen molar-refractivity contribution in [1.29, 1.82) is 0 Å². The van der Waals surface area contributed by atoms with Crippen LogP contribution < -0.4 is 0 Å². The Morgan fingerprint density at radius 3 is 2.65 bits per heavy atom. The van der Waals surface area contributed by atoms with E-state index in [9.17, 15) is 9.90 Å². The van der Waals surface area contributed by atoms with Crippen LogP contribution in [0.2, 0.25) is 0 Å². The largest absolute Gasteiger partial charge is 0.396 e. The zero-order valence-electron chi connectivity index (χ0n) is 12.6. The van der Waals surface area contributed by atoms with E-state index in [0.29, 0.717) is 17.8 Å². The van der Waals surface area contributed by atoms with Gasteiger partial charge in [0.05, 0.1) is 0 Å². The number of piperidine rings is 1. The highest BCUT2D eigenvalue weighted by atomic mass is 16.3. The van der Waals surface area contributed by atoms with Gasteiger partial charge in [-0.05, 0) is 42.6 Å². The molecule has 0 aromatic heterocycles. The molecular formula is C17H25NO2.